The number of rotatable bonds is 5. The first-order valence-corrected chi connectivity index (χ1v) is 8.24. The number of aromatic nitrogens is 2. The van der Waals surface area contributed by atoms with Crippen LogP contribution in [-0.2, 0) is 6.42 Å². The first-order chi connectivity index (χ1) is 10.1. The Bertz CT molecular complexity index is 618. The zero-order chi connectivity index (χ0) is 15.4. The second-order valence-electron chi connectivity index (χ2n) is 5.20. The molecule has 1 aromatic heterocycles. The largest absolute Gasteiger partial charge is 0.369 e. The lowest BCUT2D eigenvalue weighted by atomic mass is 10.0. The first-order valence-electron chi connectivity index (χ1n) is 7.45. The van der Waals surface area contributed by atoms with Gasteiger partial charge in [0.15, 0.2) is 5.82 Å². The summed E-state index contributed by atoms with van der Waals surface area (Å²) in [6.45, 7) is 9.39. The molecule has 112 valence electrons. The van der Waals surface area contributed by atoms with Gasteiger partial charge < -0.3 is 5.32 Å². The van der Waals surface area contributed by atoms with Gasteiger partial charge in [0.2, 0.25) is 0 Å². The van der Waals surface area contributed by atoms with Gasteiger partial charge in [-0.15, -0.1) is 0 Å². The minimum Gasteiger partial charge on any atom is -0.369 e. The van der Waals surface area contributed by atoms with Crippen LogP contribution in [-0.4, -0.2) is 16.5 Å². The van der Waals surface area contributed by atoms with Crippen LogP contribution in [0.4, 0.5) is 5.82 Å². The maximum atomic E-state index is 4.75. The SMILES string of the molecule is CCCNc1nc(-c2c(C)cccc2C)nc(CC)c1Br. The van der Waals surface area contributed by atoms with Gasteiger partial charge in [0.1, 0.15) is 5.82 Å². The van der Waals surface area contributed by atoms with Gasteiger partial charge in [-0.3, -0.25) is 0 Å². The molecule has 0 amide bonds. The van der Waals surface area contributed by atoms with Gasteiger partial charge in [0.05, 0.1) is 10.2 Å². The molecule has 1 N–H and O–H groups in total. The first kappa shape index (κ1) is 16.0. The van der Waals surface area contributed by atoms with Crippen LogP contribution in [0.25, 0.3) is 11.4 Å². The lowest BCUT2D eigenvalue weighted by molar-refractivity contribution is 0.942. The molecule has 3 nitrogen and oxygen atoms in total. The third-order valence-electron chi connectivity index (χ3n) is 3.50. The molecule has 0 atom stereocenters. The minimum atomic E-state index is 0.809. The molecule has 0 aliphatic rings. The van der Waals surface area contributed by atoms with Crippen molar-refractivity contribution in [3.05, 3.63) is 39.5 Å². The number of nitrogens with one attached hydrogen (secondary N) is 1. The number of hydrogen-bond acceptors (Lipinski definition) is 3. The van der Waals surface area contributed by atoms with Crippen LogP contribution in [0, 0.1) is 13.8 Å². The predicted molar refractivity (Wildman–Crippen MR) is 92.8 cm³/mol. The van der Waals surface area contributed by atoms with Crippen LogP contribution in [0.2, 0.25) is 0 Å². The highest BCUT2D eigenvalue weighted by molar-refractivity contribution is 9.10. The van der Waals surface area contributed by atoms with Gasteiger partial charge in [-0.05, 0) is 53.7 Å². The van der Waals surface area contributed by atoms with Crippen molar-refractivity contribution < 1.29 is 0 Å². The Morgan fingerprint density at radius 1 is 1.10 bits per heavy atom. The van der Waals surface area contributed by atoms with Crippen LogP contribution >= 0.6 is 15.9 Å². The van der Waals surface area contributed by atoms with Crippen LogP contribution < -0.4 is 5.32 Å². The van der Waals surface area contributed by atoms with Gasteiger partial charge in [0, 0.05) is 12.1 Å². The Balaban J connectivity index is 2.58. The van der Waals surface area contributed by atoms with Crippen molar-refractivity contribution in [3.8, 4) is 11.4 Å². The number of aryl methyl sites for hydroxylation is 3. The molecule has 0 spiro atoms. The molecule has 0 saturated carbocycles. The molecule has 4 heteroatoms. The summed E-state index contributed by atoms with van der Waals surface area (Å²) in [4.78, 5) is 9.49. The summed E-state index contributed by atoms with van der Waals surface area (Å²) >= 11 is 3.63. The monoisotopic (exact) mass is 347 g/mol. The van der Waals surface area contributed by atoms with Crippen molar-refractivity contribution in [2.75, 3.05) is 11.9 Å². The van der Waals surface area contributed by atoms with Crippen molar-refractivity contribution in [2.45, 2.75) is 40.5 Å². The fraction of sp³-hybridized carbons (Fsp3) is 0.412. The zero-order valence-corrected chi connectivity index (χ0v) is 14.7. The van der Waals surface area contributed by atoms with Gasteiger partial charge in [-0.2, -0.15) is 0 Å². The third-order valence-corrected chi connectivity index (χ3v) is 4.34. The van der Waals surface area contributed by atoms with E-state index in [0.29, 0.717) is 0 Å². The summed E-state index contributed by atoms with van der Waals surface area (Å²) in [6, 6.07) is 6.29. The number of nitrogens with zero attached hydrogens (tertiary/aromatic N) is 2. The molecule has 0 saturated heterocycles. The molecule has 1 heterocycles. The van der Waals surface area contributed by atoms with E-state index in [2.05, 4.69) is 67.1 Å². The smallest absolute Gasteiger partial charge is 0.162 e. The summed E-state index contributed by atoms with van der Waals surface area (Å²) in [7, 11) is 0. The molecule has 0 bridgehead atoms. The van der Waals surface area contributed by atoms with E-state index in [1.165, 1.54) is 11.1 Å². The minimum absolute atomic E-state index is 0.809. The topological polar surface area (TPSA) is 37.8 Å². The van der Waals surface area contributed by atoms with Gasteiger partial charge in [0.25, 0.3) is 0 Å². The van der Waals surface area contributed by atoms with E-state index in [1.807, 2.05) is 0 Å². The normalized spacial score (nSPS) is 10.7. The average molecular weight is 348 g/mol. The van der Waals surface area contributed by atoms with Crippen LogP contribution in [0.1, 0.15) is 37.1 Å². The Labute approximate surface area is 135 Å². The Morgan fingerprint density at radius 3 is 2.33 bits per heavy atom. The Hall–Kier alpha value is -1.42. The highest BCUT2D eigenvalue weighted by Gasteiger charge is 2.14. The summed E-state index contributed by atoms with van der Waals surface area (Å²) in [5, 5.41) is 3.39. The summed E-state index contributed by atoms with van der Waals surface area (Å²) in [6.07, 6.45) is 1.94. The van der Waals surface area contributed by atoms with Crippen LogP contribution in [0.15, 0.2) is 22.7 Å². The van der Waals surface area contributed by atoms with Crippen molar-refractivity contribution >= 4 is 21.7 Å². The van der Waals surface area contributed by atoms with E-state index in [-0.39, 0.29) is 0 Å². The molecule has 2 rings (SSSR count). The third kappa shape index (κ3) is 3.43. The van der Waals surface area contributed by atoms with E-state index < -0.39 is 0 Å². The molecule has 1 aromatic carbocycles. The van der Waals surface area contributed by atoms with E-state index in [9.17, 15) is 0 Å². The molecule has 0 unspecified atom stereocenters. The molecule has 2 aromatic rings. The second kappa shape index (κ2) is 7.03. The highest BCUT2D eigenvalue weighted by Crippen LogP contribution is 2.30. The molecule has 0 fully saturated rings. The molecule has 0 radical (unpaired) electrons. The fourth-order valence-electron chi connectivity index (χ4n) is 2.37. The molecule has 0 aliphatic heterocycles. The van der Waals surface area contributed by atoms with E-state index in [1.54, 1.807) is 0 Å². The number of halogens is 1. The molecule has 21 heavy (non-hydrogen) atoms. The van der Waals surface area contributed by atoms with Crippen molar-refractivity contribution in [1.29, 1.82) is 0 Å². The van der Waals surface area contributed by atoms with Crippen LogP contribution in [0.3, 0.4) is 0 Å². The molecular weight excluding hydrogens is 326 g/mol. The number of benzene rings is 1. The molecule has 0 aliphatic carbocycles. The second-order valence-corrected chi connectivity index (χ2v) is 6.00. The average Bonchev–Trinajstić information content (AvgIpc) is 2.47. The van der Waals surface area contributed by atoms with E-state index in [0.717, 1.165) is 46.8 Å². The fourth-order valence-corrected chi connectivity index (χ4v) is 2.97. The van der Waals surface area contributed by atoms with E-state index in [4.69, 9.17) is 9.97 Å². The standard InChI is InChI=1S/C17H22BrN3/c1-5-10-19-17-15(18)13(6-2)20-16(21-17)14-11(3)8-7-9-12(14)4/h7-9H,5-6,10H2,1-4H3,(H,19,20,21). The van der Waals surface area contributed by atoms with Crippen LogP contribution in [0.5, 0.6) is 0 Å². The quantitative estimate of drug-likeness (QED) is 0.834. The van der Waals surface area contributed by atoms with E-state index >= 15 is 0 Å². The number of hydrogen-bond donors (Lipinski definition) is 1. The van der Waals surface area contributed by atoms with Gasteiger partial charge in [-0.1, -0.05) is 32.0 Å². The lowest BCUT2D eigenvalue weighted by Gasteiger charge is -2.14. The van der Waals surface area contributed by atoms with Gasteiger partial charge in [-0.25, -0.2) is 9.97 Å². The Morgan fingerprint density at radius 2 is 1.76 bits per heavy atom. The van der Waals surface area contributed by atoms with Crippen molar-refractivity contribution in [3.63, 3.8) is 0 Å². The molecular formula is C17H22BrN3. The zero-order valence-electron chi connectivity index (χ0n) is 13.1. The van der Waals surface area contributed by atoms with Crippen molar-refractivity contribution in [1.82, 2.24) is 9.97 Å². The maximum absolute atomic E-state index is 4.75. The van der Waals surface area contributed by atoms with Gasteiger partial charge >= 0.3 is 0 Å². The predicted octanol–water partition coefficient (Wildman–Crippen LogP) is 4.91. The van der Waals surface area contributed by atoms with Crippen molar-refractivity contribution in [2.24, 2.45) is 0 Å². The highest BCUT2D eigenvalue weighted by atomic mass is 79.9. The summed E-state index contributed by atoms with van der Waals surface area (Å²) < 4.78 is 0.980. The summed E-state index contributed by atoms with van der Waals surface area (Å²) in [5.41, 5.74) is 4.60. The number of anilines is 1. The lowest BCUT2D eigenvalue weighted by Crippen LogP contribution is -2.08. The summed E-state index contributed by atoms with van der Waals surface area (Å²) in [5.74, 6) is 1.70. The maximum Gasteiger partial charge on any atom is 0.162 e. The Kier molecular flexibility index (Phi) is 5.34.